The maximum Gasteiger partial charge on any atom is 0.252 e. The molecule has 0 bridgehead atoms. The van der Waals surface area contributed by atoms with Gasteiger partial charge in [0.2, 0.25) is 5.78 Å². The molecule has 0 atom stereocenters. The van der Waals surface area contributed by atoms with Gasteiger partial charge in [-0.05, 0) is 30.9 Å². The Morgan fingerprint density at radius 3 is 2.62 bits per heavy atom. The van der Waals surface area contributed by atoms with Crippen molar-refractivity contribution < 1.29 is 14.7 Å². The minimum absolute atomic E-state index is 0.0602. The second kappa shape index (κ2) is 7.73. The fourth-order valence-electron chi connectivity index (χ4n) is 3.91. The van der Waals surface area contributed by atoms with E-state index in [1.807, 2.05) is 0 Å². The molecule has 1 aromatic rings. The third-order valence-electron chi connectivity index (χ3n) is 5.31. The number of aliphatic hydroxyl groups is 1. The summed E-state index contributed by atoms with van der Waals surface area (Å²) in [7, 11) is 0. The van der Waals surface area contributed by atoms with Gasteiger partial charge in [-0.15, -0.1) is 0 Å². The number of hydrogen-bond donors (Lipinski definition) is 1. The first-order chi connectivity index (χ1) is 11.7. The molecule has 4 heteroatoms. The maximum absolute atomic E-state index is 12.2. The number of pyridine rings is 1. The second-order valence-electron chi connectivity index (χ2n) is 6.99. The normalized spacial score (nSPS) is 18.8. The van der Waals surface area contributed by atoms with Crippen molar-refractivity contribution in [3.8, 4) is 0 Å². The predicted molar refractivity (Wildman–Crippen MR) is 92.8 cm³/mol. The molecule has 1 heterocycles. The SMILES string of the molecule is O=C1C(=O)c2ncccc2C(O)=C1CCCCCC1CCCCC1. The number of aliphatic hydroxyl groups excluding tert-OH is 1. The summed E-state index contributed by atoms with van der Waals surface area (Å²) in [4.78, 5) is 28.2. The summed E-state index contributed by atoms with van der Waals surface area (Å²) in [6.07, 6.45) is 13.1. The number of carbonyl (C=O) groups is 2. The van der Waals surface area contributed by atoms with Gasteiger partial charge in [0.1, 0.15) is 11.5 Å². The van der Waals surface area contributed by atoms with Gasteiger partial charge in [-0.25, -0.2) is 0 Å². The van der Waals surface area contributed by atoms with Crippen LogP contribution in [0.15, 0.2) is 23.9 Å². The summed E-state index contributed by atoms with van der Waals surface area (Å²) in [6.45, 7) is 0. The molecule has 1 aromatic heterocycles. The van der Waals surface area contributed by atoms with Crippen molar-refractivity contribution >= 4 is 17.3 Å². The van der Waals surface area contributed by atoms with Crippen LogP contribution in [0.2, 0.25) is 0 Å². The van der Waals surface area contributed by atoms with E-state index in [1.165, 1.54) is 51.1 Å². The molecule has 24 heavy (non-hydrogen) atoms. The molecule has 0 aromatic carbocycles. The number of aromatic nitrogens is 1. The number of hydrogen-bond acceptors (Lipinski definition) is 4. The smallest absolute Gasteiger partial charge is 0.252 e. The molecule has 0 saturated heterocycles. The average Bonchev–Trinajstić information content (AvgIpc) is 2.63. The van der Waals surface area contributed by atoms with E-state index in [-0.39, 0.29) is 17.0 Å². The number of unbranched alkanes of at least 4 members (excludes halogenated alkanes) is 2. The summed E-state index contributed by atoms with van der Waals surface area (Å²) < 4.78 is 0. The van der Waals surface area contributed by atoms with Gasteiger partial charge in [0.15, 0.2) is 0 Å². The maximum atomic E-state index is 12.2. The van der Waals surface area contributed by atoms with E-state index in [0.29, 0.717) is 12.0 Å². The Morgan fingerprint density at radius 2 is 1.83 bits per heavy atom. The van der Waals surface area contributed by atoms with Crippen LogP contribution in [0.25, 0.3) is 5.76 Å². The number of fused-ring (bicyclic) bond motifs is 1. The van der Waals surface area contributed by atoms with Crippen LogP contribution < -0.4 is 0 Å². The number of rotatable bonds is 6. The van der Waals surface area contributed by atoms with Gasteiger partial charge < -0.3 is 5.11 Å². The highest BCUT2D eigenvalue weighted by atomic mass is 16.3. The van der Waals surface area contributed by atoms with Crippen LogP contribution in [0, 0.1) is 5.92 Å². The van der Waals surface area contributed by atoms with Crippen LogP contribution in [-0.4, -0.2) is 21.7 Å². The van der Waals surface area contributed by atoms with Crippen molar-refractivity contribution in [2.45, 2.75) is 64.2 Å². The van der Waals surface area contributed by atoms with Crippen molar-refractivity contribution in [2.24, 2.45) is 5.92 Å². The third kappa shape index (κ3) is 3.58. The highest BCUT2D eigenvalue weighted by molar-refractivity contribution is 6.51. The second-order valence-corrected chi connectivity index (χ2v) is 6.99. The minimum Gasteiger partial charge on any atom is -0.507 e. The zero-order valence-corrected chi connectivity index (χ0v) is 14.1. The van der Waals surface area contributed by atoms with Gasteiger partial charge in [0.25, 0.3) is 5.78 Å². The Balaban J connectivity index is 1.54. The zero-order chi connectivity index (χ0) is 16.9. The summed E-state index contributed by atoms with van der Waals surface area (Å²) in [5.41, 5.74) is 0.721. The van der Waals surface area contributed by atoms with Crippen LogP contribution in [0.3, 0.4) is 0 Å². The highest BCUT2D eigenvalue weighted by Gasteiger charge is 2.33. The predicted octanol–water partition coefficient (Wildman–Crippen LogP) is 4.65. The van der Waals surface area contributed by atoms with E-state index < -0.39 is 11.6 Å². The number of ketones is 2. The molecular formula is C20H25NO3. The van der Waals surface area contributed by atoms with Gasteiger partial charge in [-0.2, -0.15) is 0 Å². The summed E-state index contributed by atoms with van der Waals surface area (Å²) in [6, 6.07) is 3.31. The number of nitrogens with zero attached hydrogens (tertiary/aromatic N) is 1. The van der Waals surface area contributed by atoms with Gasteiger partial charge in [0.05, 0.1) is 0 Å². The molecule has 0 unspecified atom stereocenters. The van der Waals surface area contributed by atoms with Crippen molar-refractivity contribution in [1.82, 2.24) is 4.98 Å². The number of Topliss-reactive ketones (excluding diaryl/α,β-unsaturated/α-hetero) is 2. The Morgan fingerprint density at radius 1 is 1.04 bits per heavy atom. The molecule has 3 rings (SSSR count). The lowest BCUT2D eigenvalue weighted by atomic mass is 9.85. The van der Waals surface area contributed by atoms with E-state index in [1.54, 1.807) is 12.1 Å². The van der Waals surface area contributed by atoms with E-state index >= 15 is 0 Å². The minimum atomic E-state index is -0.597. The van der Waals surface area contributed by atoms with E-state index in [2.05, 4.69) is 4.98 Å². The zero-order valence-electron chi connectivity index (χ0n) is 14.1. The molecule has 0 aliphatic heterocycles. The first-order valence-electron chi connectivity index (χ1n) is 9.15. The largest absolute Gasteiger partial charge is 0.507 e. The van der Waals surface area contributed by atoms with Crippen LogP contribution >= 0.6 is 0 Å². The van der Waals surface area contributed by atoms with Crippen molar-refractivity contribution in [2.75, 3.05) is 0 Å². The van der Waals surface area contributed by atoms with Crippen LogP contribution in [0.1, 0.15) is 80.3 Å². The first kappa shape index (κ1) is 16.9. The lowest BCUT2D eigenvalue weighted by Gasteiger charge is -2.21. The van der Waals surface area contributed by atoms with E-state index in [4.69, 9.17) is 0 Å². The molecule has 0 radical (unpaired) electrons. The van der Waals surface area contributed by atoms with Gasteiger partial charge in [0, 0.05) is 17.3 Å². The lowest BCUT2D eigenvalue weighted by Crippen LogP contribution is -2.25. The molecule has 1 saturated carbocycles. The Bertz CT molecular complexity index is 657. The first-order valence-corrected chi connectivity index (χ1v) is 9.15. The quantitative estimate of drug-likeness (QED) is 0.610. The standard InChI is InChI=1S/C20H25NO3/c22-18-15-12-7-13-21-17(15)20(24)19(23)16(18)11-6-2-5-10-14-8-3-1-4-9-14/h7,12-14,22H,1-6,8-11H2. The molecular weight excluding hydrogens is 302 g/mol. The molecule has 2 aliphatic rings. The summed E-state index contributed by atoms with van der Waals surface area (Å²) >= 11 is 0. The highest BCUT2D eigenvalue weighted by Crippen LogP contribution is 2.30. The molecule has 0 amide bonds. The molecule has 0 spiro atoms. The monoisotopic (exact) mass is 327 g/mol. The van der Waals surface area contributed by atoms with Gasteiger partial charge in [-0.1, -0.05) is 51.4 Å². The van der Waals surface area contributed by atoms with Crippen LogP contribution in [-0.2, 0) is 4.79 Å². The molecule has 1 fully saturated rings. The number of allylic oxidation sites excluding steroid dienone is 1. The van der Waals surface area contributed by atoms with Gasteiger partial charge in [-0.3, -0.25) is 14.6 Å². The Labute approximate surface area is 143 Å². The van der Waals surface area contributed by atoms with E-state index in [0.717, 1.165) is 18.8 Å². The van der Waals surface area contributed by atoms with Crippen LogP contribution in [0.4, 0.5) is 0 Å². The van der Waals surface area contributed by atoms with E-state index in [9.17, 15) is 14.7 Å². The molecule has 4 nitrogen and oxygen atoms in total. The fraction of sp³-hybridized carbons (Fsp3) is 0.550. The van der Waals surface area contributed by atoms with Crippen molar-refractivity contribution in [3.63, 3.8) is 0 Å². The molecule has 128 valence electrons. The topological polar surface area (TPSA) is 67.3 Å². The van der Waals surface area contributed by atoms with Crippen molar-refractivity contribution in [1.29, 1.82) is 0 Å². The fourth-order valence-corrected chi connectivity index (χ4v) is 3.91. The Kier molecular flexibility index (Phi) is 5.44. The third-order valence-corrected chi connectivity index (χ3v) is 5.31. The molecule has 1 N–H and O–H groups in total. The lowest BCUT2D eigenvalue weighted by molar-refractivity contribution is -0.112. The molecule has 2 aliphatic carbocycles. The van der Waals surface area contributed by atoms with Gasteiger partial charge >= 0.3 is 0 Å². The number of carbonyl (C=O) groups excluding carboxylic acids is 2. The van der Waals surface area contributed by atoms with Crippen LogP contribution in [0.5, 0.6) is 0 Å². The Hall–Kier alpha value is -1.97. The summed E-state index contributed by atoms with van der Waals surface area (Å²) in [5.74, 6) is -0.372. The average molecular weight is 327 g/mol. The van der Waals surface area contributed by atoms with Crippen molar-refractivity contribution in [3.05, 3.63) is 35.2 Å². The summed E-state index contributed by atoms with van der Waals surface area (Å²) in [5, 5.41) is 10.3.